The normalized spacial score (nSPS) is 10.5. The minimum atomic E-state index is 0.726. The van der Waals surface area contributed by atoms with Crippen LogP contribution in [0.2, 0.25) is 0 Å². The summed E-state index contributed by atoms with van der Waals surface area (Å²) < 4.78 is 3.14. The molecule has 0 atom stereocenters. The van der Waals surface area contributed by atoms with E-state index in [1.807, 2.05) is 13.1 Å². The fourth-order valence-electron chi connectivity index (χ4n) is 0.959. The second-order valence-electron chi connectivity index (χ2n) is 2.42. The molecule has 0 amide bonds. The van der Waals surface area contributed by atoms with Crippen molar-refractivity contribution in [2.75, 3.05) is 6.54 Å². The molecule has 1 heterocycles. The quantitative estimate of drug-likeness (QED) is 0.830. The van der Waals surface area contributed by atoms with E-state index in [0.717, 1.165) is 29.9 Å². The Morgan fingerprint density at radius 2 is 2.45 bits per heavy atom. The second kappa shape index (κ2) is 3.88. The highest BCUT2D eigenvalue weighted by molar-refractivity contribution is 9.10. The highest BCUT2D eigenvalue weighted by Crippen LogP contribution is 2.11. The van der Waals surface area contributed by atoms with E-state index < -0.39 is 0 Å². The van der Waals surface area contributed by atoms with Crippen LogP contribution in [0, 0.1) is 6.92 Å². The van der Waals surface area contributed by atoms with Gasteiger partial charge in [0, 0.05) is 6.54 Å². The van der Waals surface area contributed by atoms with E-state index in [4.69, 9.17) is 5.73 Å². The predicted octanol–water partition coefficient (Wildman–Crippen LogP) is 1.30. The number of hydrogen-bond donors (Lipinski definition) is 1. The zero-order valence-electron chi connectivity index (χ0n) is 6.55. The number of hydrogen-bond acceptors (Lipinski definition) is 2. The van der Waals surface area contributed by atoms with Gasteiger partial charge in [0.1, 0.15) is 10.4 Å². The van der Waals surface area contributed by atoms with Crippen LogP contribution in [0.3, 0.4) is 0 Å². The first-order chi connectivity index (χ1) is 5.25. The van der Waals surface area contributed by atoms with E-state index in [0.29, 0.717) is 0 Å². The van der Waals surface area contributed by atoms with Crippen molar-refractivity contribution in [1.82, 2.24) is 9.55 Å². The van der Waals surface area contributed by atoms with E-state index in [1.165, 1.54) is 0 Å². The lowest BCUT2D eigenvalue weighted by atomic mass is 10.4. The minimum Gasteiger partial charge on any atom is -0.330 e. The molecule has 0 spiro atoms. The van der Waals surface area contributed by atoms with E-state index in [2.05, 4.69) is 25.5 Å². The summed E-state index contributed by atoms with van der Waals surface area (Å²) in [7, 11) is 0. The first-order valence-electron chi connectivity index (χ1n) is 3.63. The molecule has 4 heteroatoms. The Kier molecular flexibility index (Phi) is 3.08. The van der Waals surface area contributed by atoms with Crippen molar-refractivity contribution in [3.63, 3.8) is 0 Å². The lowest BCUT2D eigenvalue weighted by Crippen LogP contribution is -2.07. The molecule has 0 aliphatic rings. The van der Waals surface area contributed by atoms with Gasteiger partial charge in [-0.15, -0.1) is 0 Å². The summed E-state index contributed by atoms with van der Waals surface area (Å²) in [4.78, 5) is 4.14. The van der Waals surface area contributed by atoms with Crippen molar-refractivity contribution < 1.29 is 0 Å². The lowest BCUT2D eigenvalue weighted by molar-refractivity contribution is 0.624. The zero-order valence-corrected chi connectivity index (χ0v) is 8.13. The van der Waals surface area contributed by atoms with Gasteiger partial charge in [0.25, 0.3) is 0 Å². The molecule has 1 aromatic rings. The number of aromatic nitrogens is 2. The van der Waals surface area contributed by atoms with Crippen molar-refractivity contribution in [3.8, 4) is 0 Å². The number of halogens is 1. The number of rotatable bonds is 3. The maximum atomic E-state index is 5.40. The molecular formula is C7H12BrN3. The van der Waals surface area contributed by atoms with Gasteiger partial charge in [-0.05, 0) is 35.8 Å². The van der Waals surface area contributed by atoms with Crippen LogP contribution in [0.1, 0.15) is 12.2 Å². The second-order valence-corrected chi connectivity index (χ2v) is 3.23. The van der Waals surface area contributed by atoms with Crippen LogP contribution in [-0.2, 0) is 6.54 Å². The molecule has 1 rings (SSSR count). The Morgan fingerprint density at radius 3 is 2.91 bits per heavy atom. The number of nitrogens with zero attached hydrogens (tertiary/aromatic N) is 2. The third kappa shape index (κ3) is 2.04. The van der Waals surface area contributed by atoms with E-state index >= 15 is 0 Å². The largest absolute Gasteiger partial charge is 0.330 e. The van der Waals surface area contributed by atoms with Crippen LogP contribution in [0.15, 0.2) is 10.8 Å². The summed E-state index contributed by atoms with van der Waals surface area (Å²) in [5, 5.41) is 0. The maximum Gasteiger partial charge on any atom is 0.106 e. The van der Waals surface area contributed by atoms with Crippen LogP contribution in [0.25, 0.3) is 0 Å². The summed E-state index contributed by atoms with van der Waals surface area (Å²) >= 11 is 3.41. The summed E-state index contributed by atoms with van der Waals surface area (Å²) in [6.45, 7) is 3.66. The van der Waals surface area contributed by atoms with Gasteiger partial charge in [-0.3, -0.25) is 0 Å². The molecule has 11 heavy (non-hydrogen) atoms. The molecule has 0 unspecified atom stereocenters. The number of nitrogens with two attached hydrogens (primary N) is 1. The van der Waals surface area contributed by atoms with Gasteiger partial charge in [0.15, 0.2) is 0 Å². The summed E-state index contributed by atoms with van der Waals surface area (Å²) in [5.74, 6) is 1.03. The predicted molar refractivity (Wildman–Crippen MR) is 48.3 cm³/mol. The van der Waals surface area contributed by atoms with Gasteiger partial charge in [0.05, 0.1) is 6.20 Å². The molecule has 0 fully saturated rings. The monoisotopic (exact) mass is 217 g/mol. The van der Waals surface area contributed by atoms with Crippen LogP contribution in [0.4, 0.5) is 0 Å². The zero-order chi connectivity index (χ0) is 8.27. The van der Waals surface area contributed by atoms with Crippen LogP contribution < -0.4 is 5.73 Å². The average Bonchev–Trinajstić information content (AvgIpc) is 2.29. The van der Waals surface area contributed by atoms with Crippen molar-refractivity contribution in [2.45, 2.75) is 19.9 Å². The first kappa shape index (κ1) is 8.74. The van der Waals surface area contributed by atoms with Crippen molar-refractivity contribution in [1.29, 1.82) is 0 Å². The Morgan fingerprint density at radius 1 is 1.73 bits per heavy atom. The van der Waals surface area contributed by atoms with Crippen LogP contribution in [0.5, 0.6) is 0 Å². The fourth-order valence-corrected chi connectivity index (χ4v) is 1.49. The molecule has 0 saturated carbocycles. The van der Waals surface area contributed by atoms with Crippen LogP contribution in [-0.4, -0.2) is 16.1 Å². The Labute approximate surface area is 74.7 Å². The highest BCUT2D eigenvalue weighted by Gasteiger charge is 2.01. The van der Waals surface area contributed by atoms with E-state index in [-0.39, 0.29) is 0 Å². The SMILES string of the molecule is Cc1ncc(Br)n1CCCN. The molecule has 0 radical (unpaired) electrons. The van der Waals surface area contributed by atoms with Gasteiger partial charge in [-0.25, -0.2) is 4.98 Å². The lowest BCUT2D eigenvalue weighted by Gasteiger charge is -2.04. The standard InChI is InChI=1S/C7H12BrN3/c1-6-10-5-7(8)11(6)4-2-3-9/h5H,2-4,9H2,1H3. The third-order valence-corrected chi connectivity index (χ3v) is 2.23. The Balaban J connectivity index is 2.67. The summed E-state index contributed by atoms with van der Waals surface area (Å²) in [5.41, 5.74) is 5.40. The van der Waals surface area contributed by atoms with Gasteiger partial charge >= 0.3 is 0 Å². The molecule has 3 nitrogen and oxygen atoms in total. The average molecular weight is 218 g/mol. The van der Waals surface area contributed by atoms with E-state index in [9.17, 15) is 0 Å². The van der Waals surface area contributed by atoms with Crippen molar-refractivity contribution in [2.24, 2.45) is 5.73 Å². The molecule has 1 aromatic heterocycles. The van der Waals surface area contributed by atoms with Gasteiger partial charge in [0.2, 0.25) is 0 Å². The minimum absolute atomic E-state index is 0.726. The van der Waals surface area contributed by atoms with Gasteiger partial charge in [-0.1, -0.05) is 0 Å². The first-order valence-corrected chi connectivity index (χ1v) is 4.42. The molecule has 0 aliphatic carbocycles. The highest BCUT2D eigenvalue weighted by atomic mass is 79.9. The molecule has 0 aromatic carbocycles. The smallest absolute Gasteiger partial charge is 0.106 e. The topological polar surface area (TPSA) is 43.8 Å². The fraction of sp³-hybridized carbons (Fsp3) is 0.571. The van der Waals surface area contributed by atoms with Gasteiger partial charge < -0.3 is 10.3 Å². The van der Waals surface area contributed by atoms with Crippen molar-refractivity contribution >= 4 is 15.9 Å². The Bertz CT molecular complexity index is 212. The van der Waals surface area contributed by atoms with E-state index in [1.54, 1.807) is 0 Å². The molecule has 62 valence electrons. The third-order valence-electron chi connectivity index (χ3n) is 1.59. The van der Waals surface area contributed by atoms with Crippen molar-refractivity contribution in [3.05, 3.63) is 16.6 Å². The number of aryl methyl sites for hydroxylation is 1. The molecule has 0 bridgehead atoms. The molecule has 0 aliphatic heterocycles. The molecule has 2 N–H and O–H groups in total. The molecule has 0 saturated heterocycles. The Hall–Kier alpha value is -0.350. The molecular weight excluding hydrogens is 206 g/mol. The number of imidazole rings is 1. The summed E-state index contributed by atoms with van der Waals surface area (Å²) in [6, 6.07) is 0. The summed E-state index contributed by atoms with van der Waals surface area (Å²) in [6.07, 6.45) is 2.81. The maximum absolute atomic E-state index is 5.40. The van der Waals surface area contributed by atoms with Crippen LogP contribution >= 0.6 is 15.9 Å². The van der Waals surface area contributed by atoms with Gasteiger partial charge in [-0.2, -0.15) is 0 Å².